The standard InChI is InChI=1S/C18H21NO5S/c1-22-15-9-17(24-3)16(23-2)8-12(15)10-19-18(21)11-25-14-6-4-13(20)5-7-14/h4-9,20H,10-11H2,1-3H3,(H,19,21). The van der Waals surface area contributed by atoms with Gasteiger partial charge in [-0.2, -0.15) is 0 Å². The second-order valence-electron chi connectivity index (χ2n) is 5.08. The fourth-order valence-electron chi connectivity index (χ4n) is 2.17. The molecule has 6 nitrogen and oxygen atoms in total. The number of carbonyl (C=O) groups excluding carboxylic acids is 1. The third-order valence-electron chi connectivity index (χ3n) is 3.47. The summed E-state index contributed by atoms with van der Waals surface area (Å²) in [5.74, 6) is 2.14. The van der Waals surface area contributed by atoms with Crippen LogP contribution in [0, 0.1) is 0 Å². The van der Waals surface area contributed by atoms with Gasteiger partial charge in [-0.15, -0.1) is 11.8 Å². The molecule has 0 aromatic heterocycles. The Labute approximate surface area is 151 Å². The Hall–Kier alpha value is -2.54. The van der Waals surface area contributed by atoms with Crippen LogP contribution in [0.1, 0.15) is 5.56 Å². The molecule has 0 heterocycles. The zero-order chi connectivity index (χ0) is 18.2. The lowest BCUT2D eigenvalue weighted by Crippen LogP contribution is -2.24. The minimum atomic E-state index is -0.102. The van der Waals surface area contributed by atoms with Crippen molar-refractivity contribution in [2.75, 3.05) is 27.1 Å². The number of amides is 1. The van der Waals surface area contributed by atoms with Crippen molar-refractivity contribution < 1.29 is 24.1 Å². The average Bonchev–Trinajstić information content (AvgIpc) is 2.65. The summed E-state index contributed by atoms with van der Waals surface area (Å²) < 4.78 is 15.9. The van der Waals surface area contributed by atoms with Gasteiger partial charge in [0.15, 0.2) is 11.5 Å². The Balaban J connectivity index is 1.95. The first-order valence-electron chi connectivity index (χ1n) is 7.54. The van der Waals surface area contributed by atoms with Gasteiger partial charge in [-0.05, 0) is 30.3 Å². The van der Waals surface area contributed by atoms with E-state index in [2.05, 4.69) is 5.32 Å². The van der Waals surface area contributed by atoms with Gasteiger partial charge in [-0.25, -0.2) is 0 Å². The number of phenolic OH excluding ortho intramolecular Hbond substituents is 1. The van der Waals surface area contributed by atoms with Crippen LogP contribution in [0.2, 0.25) is 0 Å². The van der Waals surface area contributed by atoms with Crippen molar-refractivity contribution in [3.05, 3.63) is 42.0 Å². The van der Waals surface area contributed by atoms with Crippen molar-refractivity contribution in [1.29, 1.82) is 0 Å². The van der Waals surface area contributed by atoms with Gasteiger partial charge in [0.1, 0.15) is 11.5 Å². The van der Waals surface area contributed by atoms with Crippen molar-refractivity contribution in [1.82, 2.24) is 5.32 Å². The van der Waals surface area contributed by atoms with E-state index in [4.69, 9.17) is 14.2 Å². The maximum atomic E-state index is 12.1. The number of thioether (sulfide) groups is 1. The molecule has 2 aromatic rings. The van der Waals surface area contributed by atoms with Gasteiger partial charge >= 0.3 is 0 Å². The van der Waals surface area contributed by atoms with Crippen LogP contribution < -0.4 is 19.5 Å². The van der Waals surface area contributed by atoms with Crippen molar-refractivity contribution in [3.63, 3.8) is 0 Å². The van der Waals surface area contributed by atoms with E-state index in [1.165, 1.54) is 11.8 Å². The number of phenols is 1. The molecule has 0 aliphatic carbocycles. The zero-order valence-electron chi connectivity index (χ0n) is 14.4. The van der Waals surface area contributed by atoms with Crippen LogP contribution in [-0.4, -0.2) is 38.1 Å². The normalized spacial score (nSPS) is 10.2. The third-order valence-corrected chi connectivity index (χ3v) is 4.48. The Kier molecular flexibility index (Phi) is 6.82. The number of benzene rings is 2. The van der Waals surface area contributed by atoms with Gasteiger partial charge in [-0.3, -0.25) is 4.79 Å². The zero-order valence-corrected chi connectivity index (χ0v) is 15.2. The minimum absolute atomic E-state index is 0.102. The molecule has 0 fully saturated rings. The van der Waals surface area contributed by atoms with Crippen molar-refractivity contribution in [2.24, 2.45) is 0 Å². The van der Waals surface area contributed by atoms with Gasteiger partial charge in [0.05, 0.1) is 27.1 Å². The molecule has 2 rings (SSSR count). The summed E-state index contributed by atoms with van der Waals surface area (Å²) in [7, 11) is 4.67. The van der Waals surface area contributed by atoms with E-state index in [1.54, 1.807) is 57.7 Å². The lowest BCUT2D eigenvalue weighted by molar-refractivity contribution is -0.118. The minimum Gasteiger partial charge on any atom is -0.508 e. The van der Waals surface area contributed by atoms with Crippen LogP contribution in [0.4, 0.5) is 0 Å². The quantitative estimate of drug-likeness (QED) is 0.703. The van der Waals surface area contributed by atoms with Crippen molar-refractivity contribution in [3.8, 4) is 23.0 Å². The predicted octanol–water partition coefficient (Wildman–Crippen LogP) is 2.83. The molecule has 0 radical (unpaired) electrons. The Morgan fingerprint density at radius 1 is 1.00 bits per heavy atom. The average molecular weight is 363 g/mol. The van der Waals surface area contributed by atoms with Crippen molar-refractivity contribution >= 4 is 17.7 Å². The maximum absolute atomic E-state index is 12.1. The van der Waals surface area contributed by atoms with E-state index >= 15 is 0 Å². The molecule has 2 aromatic carbocycles. The summed E-state index contributed by atoms with van der Waals surface area (Å²) in [6, 6.07) is 10.2. The van der Waals surface area contributed by atoms with E-state index in [1.807, 2.05) is 0 Å². The molecule has 0 atom stereocenters. The summed E-state index contributed by atoms with van der Waals surface area (Å²) >= 11 is 1.40. The summed E-state index contributed by atoms with van der Waals surface area (Å²) in [5, 5.41) is 12.1. The molecular formula is C18H21NO5S. The monoisotopic (exact) mass is 363 g/mol. The van der Waals surface area contributed by atoms with Crippen LogP contribution in [0.3, 0.4) is 0 Å². The fraction of sp³-hybridized carbons (Fsp3) is 0.278. The number of hydrogen-bond donors (Lipinski definition) is 2. The highest BCUT2D eigenvalue weighted by Gasteiger charge is 2.13. The number of carbonyl (C=O) groups is 1. The molecule has 0 unspecified atom stereocenters. The summed E-state index contributed by atoms with van der Waals surface area (Å²) in [5.41, 5.74) is 0.795. The van der Waals surface area contributed by atoms with Gasteiger partial charge in [-0.1, -0.05) is 0 Å². The predicted molar refractivity (Wildman–Crippen MR) is 96.8 cm³/mol. The third kappa shape index (κ3) is 5.22. The van der Waals surface area contributed by atoms with Gasteiger partial charge < -0.3 is 24.6 Å². The molecular weight excluding hydrogens is 342 g/mol. The second-order valence-corrected chi connectivity index (χ2v) is 6.13. The Morgan fingerprint density at radius 3 is 2.20 bits per heavy atom. The number of methoxy groups -OCH3 is 3. The van der Waals surface area contributed by atoms with E-state index in [9.17, 15) is 9.90 Å². The molecule has 7 heteroatoms. The first-order valence-corrected chi connectivity index (χ1v) is 8.53. The van der Waals surface area contributed by atoms with Crippen molar-refractivity contribution in [2.45, 2.75) is 11.4 Å². The number of aromatic hydroxyl groups is 1. The first kappa shape index (κ1) is 18.8. The van der Waals surface area contributed by atoms with Crippen LogP contribution in [-0.2, 0) is 11.3 Å². The van der Waals surface area contributed by atoms with Crippen LogP contribution in [0.15, 0.2) is 41.3 Å². The van der Waals surface area contributed by atoms with E-state index in [0.29, 0.717) is 23.8 Å². The molecule has 0 saturated carbocycles. The Bertz CT molecular complexity index is 718. The summed E-state index contributed by atoms with van der Waals surface area (Å²) in [4.78, 5) is 13.0. The molecule has 134 valence electrons. The highest BCUT2D eigenvalue weighted by Crippen LogP contribution is 2.34. The number of ether oxygens (including phenoxy) is 3. The molecule has 0 aliphatic rings. The Morgan fingerprint density at radius 2 is 1.60 bits per heavy atom. The molecule has 0 aliphatic heterocycles. The largest absolute Gasteiger partial charge is 0.508 e. The SMILES string of the molecule is COc1cc(OC)c(OC)cc1CNC(=O)CSc1ccc(O)cc1. The number of nitrogens with one attached hydrogen (secondary N) is 1. The topological polar surface area (TPSA) is 77.0 Å². The second kappa shape index (κ2) is 9.08. The highest BCUT2D eigenvalue weighted by molar-refractivity contribution is 8.00. The highest BCUT2D eigenvalue weighted by atomic mass is 32.2. The van der Waals surface area contributed by atoms with E-state index in [-0.39, 0.29) is 17.4 Å². The molecule has 25 heavy (non-hydrogen) atoms. The van der Waals surface area contributed by atoms with Gasteiger partial charge in [0.2, 0.25) is 5.91 Å². The number of hydrogen-bond acceptors (Lipinski definition) is 6. The first-order chi connectivity index (χ1) is 12.1. The summed E-state index contributed by atoms with van der Waals surface area (Å²) in [6.07, 6.45) is 0. The van der Waals surface area contributed by atoms with Gasteiger partial charge in [0, 0.05) is 23.1 Å². The number of rotatable bonds is 8. The molecule has 2 N–H and O–H groups in total. The maximum Gasteiger partial charge on any atom is 0.230 e. The lowest BCUT2D eigenvalue weighted by Gasteiger charge is -2.14. The van der Waals surface area contributed by atoms with Crippen LogP contribution in [0.5, 0.6) is 23.0 Å². The lowest BCUT2D eigenvalue weighted by atomic mass is 10.1. The van der Waals surface area contributed by atoms with E-state index in [0.717, 1.165) is 10.5 Å². The smallest absolute Gasteiger partial charge is 0.230 e. The molecule has 0 saturated heterocycles. The van der Waals surface area contributed by atoms with Crippen LogP contribution >= 0.6 is 11.8 Å². The molecule has 0 bridgehead atoms. The molecule has 0 spiro atoms. The fourth-order valence-corrected chi connectivity index (χ4v) is 2.90. The van der Waals surface area contributed by atoms with Gasteiger partial charge in [0.25, 0.3) is 0 Å². The van der Waals surface area contributed by atoms with E-state index < -0.39 is 0 Å². The molecule has 1 amide bonds. The van der Waals surface area contributed by atoms with Crippen LogP contribution in [0.25, 0.3) is 0 Å². The summed E-state index contributed by atoms with van der Waals surface area (Å²) in [6.45, 7) is 0.318.